The summed E-state index contributed by atoms with van der Waals surface area (Å²) in [5, 5.41) is 3.38. The first kappa shape index (κ1) is 13.6. The summed E-state index contributed by atoms with van der Waals surface area (Å²) in [5.74, 6) is 0.916. The number of rotatable bonds is 8. The van der Waals surface area contributed by atoms with Crippen LogP contribution in [0.4, 0.5) is 0 Å². The first-order chi connectivity index (χ1) is 9.38. The zero-order valence-corrected chi connectivity index (χ0v) is 11.4. The van der Waals surface area contributed by atoms with Crippen LogP contribution in [0.1, 0.15) is 18.9 Å². The normalized spacial score (nSPS) is 10.6. The Morgan fingerprint density at radius 2 is 2.11 bits per heavy atom. The van der Waals surface area contributed by atoms with Gasteiger partial charge in [-0.05, 0) is 30.7 Å². The summed E-state index contributed by atoms with van der Waals surface area (Å²) in [4.78, 5) is 4.00. The second-order valence-electron chi connectivity index (χ2n) is 4.47. The van der Waals surface area contributed by atoms with Gasteiger partial charge in [0.1, 0.15) is 12.4 Å². The van der Waals surface area contributed by atoms with E-state index in [4.69, 9.17) is 4.74 Å². The van der Waals surface area contributed by atoms with Crippen molar-refractivity contribution in [1.29, 1.82) is 0 Å². The van der Waals surface area contributed by atoms with Gasteiger partial charge in [0, 0.05) is 18.9 Å². The van der Waals surface area contributed by atoms with Crippen molar-refractivity contribution in [2.45, 2.75) is 26.4 Å². The molecule has 0 bridgehead atoms. The van der Waals surface area contributed by atoms with Crippen LogP contribution in [-0.2, 0) is 13.1 Å². The van der Waals surface area contributed by atoms with E-state index in [2.05, 4.69) is 29.4 Å². The quantitative estimate of drug-likeness (QED) is 0.740. The molecule has 0 spiro atoms. The number of nitrogens with zero attached hydrogens (tertiary/aromatic N) is 2. The van der Waals surface area contributed by atoms with Crippen molar-refractivity contribution >= 4 is 0 Å². The van der Waals surface area contributed by atoms with Crippen LogP contribution in [0.15, 0.2) is 43.0 Å². The standard InChI is InChI=1S/C15H21N3O/c1-2-7-16-12-14-3-5-15(6-4-14)19-11-10-18-9-8-17-13-18/h3-6,8-9,13,16H,2,7,10-12H2,1H3. The van der Waals surface area contributed by atoms with Crippen LogP contribution in [0.25, 0.3) is 0 Å². The smallest absolute Gasteiger partial charge is 0.119 e. The number of hydrogen-bond donors (Lipinski definition) is 1. The molecule has 1 heterocycles. The van der Waals surface area contributed by atoms with Gasteiger partial charge in [0.2, 0.25) is 0 Å². The molecule has 0 aliphatic rings. The predicted octanol–water partition coefficient (Wildman–Crippen LogP) is 2.46. The van der Waals surface area contributed by atoms with Crippen molar-refractivity contribution in [3.63, 3.8) is 0 Å². The highest BCUT2D eigenvalue weighted by Gasteiger charge is 1.96. The molecular weight excluding hydrogens is 238 g/mol. The topological polar surface area (TPSA) is 39.1 Å². The maximum atomic E-state index is 5.69. The fraction of sp³-hybridized carbons (Fsp3) is 0.400. The molecule has 2 aromatic rings. The highest BCUT2D eigenvalue weighted by molar-refractivity contribution is 5.27. The first-order valence-corrected chi connectivity index (χ1v) is 6.76. The van der Waals surface area contributed by atoms with Crippen molar-refractivity contribution < 1.29 is 4.74 Å². The Labute approximate surface area is 114 Å². The maximum absolute atomic E-state index is 5.69. The van der Waals surface area contributed by atoms with Gasteiger partial charge < -0.3 is 14.6 Å². The highest BCUT2D eigenvalue weighted by Crippen LogP contribution is 2.12. The minimum atomic E-state index is 0.657. The van der Waals surface area contributed by atoms with Crippen LogP contribution in [0.3, 0.4) is 0 Å². The monoisotopic (exact) mass is 259 g/mol. The molecule has 0 amide bonds. The van der Waals surface area contributed by atoms with Gasteiger partial charge in [-0.1, -0.05) is 19.1 Å². The summed E-state index contributed by atoms with van der Waals surface area (Å²) >= 11 is 0. The largest absolute Gasteiger partial charge is 0.492 e. The third kappa shape index (κ3) is 4.75. The lowest BCUT2D eigenvalue weighted by atomic mass is 10.2. The summed E-state index contributed by atoms with van der Waals surface area (Å²) in [6.45, 7) is 5.63. The van der Waals surface area contributed by atoms with Crippen molar-refractivity contribution in [3.05, 3.63) is 48.5 Å². The molecule has 0 aliphatic heterocycles. The highest BCUT2D eigenvalue weighted by atomic mass is 16.5. The molecule has 102 valence electrons. The molecule has 0 aliphatic carbocycles. The summed E-state index contributed by atoms with van der Waals surface area (Å²) in [5.41, 5.74) is 1.29. The molecule has 0 saturated carbocycles. The van der Waals surface area contributed by atoms with Crippen LogP contribution in [0.5, 0.6) is 5.75 Å². The molecule has 1 aromatic heterocycles. The average Bonchev–Trinajstić information content (AvgIpc) is 2.94. The fourth-order valence-corrected chi connectivity index (χ4v) is 1.80. The van der Waals surface area contributed by atoms with Gasteiger partial charge >= 0.3 is 0 Å². The molecule has 0 fully saturated rings. The van der Waals surface area contributed by atoms with Crippen molar-refractivity contribution in [3.8, 4) is 5.75 Å². The van der Waals surface area contributed by atoms with E-state index in [1.807, 2.05) is 22.9 Å². The predicted molar refractivity (Wildman–Crippen MR) is 76.2 cm³/mol. The van der Waals surface area contributed by atoms with Crippen LogP contribution in [-0.4, -0.2) is 22.7 Å². The van der Waals surface area contributed by atoms with Crippen LogP contribution in [0.2, 0.25) is 0 Å². The average molecular weight is 259 g/mol. The molecule has 4 heteroatoms. The van der Waals surface area contributed by atoms with Gasteiger partial charge in [-0.25, -0.2) is 4.98 Å². The number of ether oxygens (including phenoxy) is 1. The zero-order valence-electron chi connectivity index (χ0n) is 11.4. The Bertz CT molecular complexity index is 451. The van der Waals surface area contributed by atoms with E-state index in [1.165, 1.54) is 5.56 Å². The van der Waals surface area contributed by atoms with E-state index in [0.717, 1.165) is 31.8 Å². The van der Waals surface area contributed by atoms with Crippen LogP contribution in [0, 0.1) is 0 Å². The lowest BCUT2D eigenvalue weighted by Gasteiger charge is -2.08. The van der Waals surface area contributed by atoms with E-state index in [-0.39, 0.29) is 0 Å². The summed E-state index contributed by atoms with van der Waals surface area (Å²) in [7, 11) is 0. The Kier molecular flexibility index (Phi) is 5.44. The Hall–Kier alpha value is -1.81. The molecule has 4 nitrogen and oxygen atoms in total. The lowest BCUT2D eigenvalue weighted by Crippen LogP contribution is -2.13. The molecule has 0 radical (unpaired) electrons. The van der Waals surface area contributed by atoms with E-state index < -0.39 is 0 Å². The minimum Gasteiger partial charge on any atom is -0.492 e. The van der Waals surface area contributed by atoms with Gasteiger partial charge in [-0.3, -0.25) is 0 Å². The summed E-state index contributed by atoms with van der Waals surface area (Å²) < 4.78 is 7.69. The maximum Gasteiger partial charge on any atom is 0.119 e. The van der Waals surface area contributed by atoms with Gasteiger partial charge in [-0.2, -0.15) is 0 Å². The summed E-state index contributed by atoms with van der Waals surface area (Å²) in [6.07, 6.45) is 6.67. The van der Waals surface area contributed by atoms with E-state index in [0.29, 0.717) is 6.61 Å². The molecule has 0 saturated heterocycles. The van der Waals surface area contributed by atoms with Gasteiger partial charge in [0.15, 0.2) is 0 Å². The third-order valence-electron chi connectivity index (χ3n) is 2.86. The molecule has 2 rings (SSSR count). The zero-order chi connectivity index (χ0) is 13.3. The molecule has 0 atom stereocenters. The fourth-order valence-electron chi connectivity index (χ4n) is 1.80. The van der Waals surface area contributed by atoms with Crippen molar-refractivity contribution in [2.24, 2.45) is 0 Å². The van der Waals surface area contributed by atoms with Gasteiger partial charge in [-0.15, -0.1) is 0 Å². The summed E-state index contributed by atoms with van der Waals surface area (Å²) in [6, 6.07) is 8.26. The van der Waals surface area contributed by atoms with E-state index in [1.54, 1.807) is 12.5 Å². The number of benzene rings is 1. The first-order valence-electron chi connectivity index (χ1n) is 6.76. The molecule has 0 unspecified atom stereocenters. The SMILES string of the molecule is CCCNCc1ccc(OCCn2ccnc2)cc1. The van der Waals surface area contributed by atoms with Crippen molar-refractivity contribution in [1.82, 2.24) is 14.9 Å². The second kappa shape index (κ2) is 7.59. The number of hydrogen-bond acceptors (Lipinski definition) is 3. The van der Waals surface area contributed by atoms with E-state index >= 15 is 0 Å². The van der Waals surface area contributed by atoms with Crippen LogP contribution >= 0.6 is 0 Å². The molecule has 1 N–H and O–H groups in total. The number of nitrogens with one attached hydrogen (secondary N) is 1. The van der Waals surface area contributed by atoms with Gasteiger partial charge in [0.05, 0.1) is 12.9 Å². The minimum absolute atomic E-state index is 0.657. The Morgan fingerprint density at radius 1 is 1.26 bits per heavy atom. The lowest BCUT2D eigenvalue weighted by molar-refractivity contribution is 0.298. The molecular formula is C15H21N3O. The Balaban J connectivity index is 1.72. The molecule has 1 aromatic carbocycles. The van der Waals surface area contributed by atoms with E-state index in [9.17, 15) is 0 Å². The van der Waals surface area contributed by atoms with Crippen LogP contribution < -0.4 is 10.1 Å². The molecule has 19 heavy (non-hydrogen) atoms. The third-order valence-corrected chi connectivity index (χ3v) is 2.86. The Morgan fingerprint density at radius 3 is 2.79 bits per heavy atom. The van der Waals surface area contributed by atoms with Crippen molar-refractivity contribution in [2.75, 3.05) is 13.2 Å². The number of aromatic nitrogens is 2. The number of imidazole rings is 1. The second-order valence-corrected chi connectivity index (χ2v) is 4.47. The van der Waals surface area contributed by atoms with Gasteiger partial charge in [0.25, 0.3) is 0 Å².